The summed E-state index contributed by atoms with van der Waals surface area (Å²) < 4.78 is 12.0. The van der Waals surface area contributed by atoms with Gasteiger partial charge in [0.15, 0.2) is 6.10 Å². The Morgan fingerprint density at radius 3 is 2.29 bits per heavy atom. The van der Waals surface area contributed by atoms with E-state index in [-0.39, 0.29) is 0 Å². The van der Waals surface area contributed by atoms with Crippen molar-refractivity contribution in [3.05, 3.63) is 35.8 Å². The van der Waals surface area contributed by atoms with Crippen LogP contribution in [0.25, 0.3) is 11.3 Å². The first kappa shape index (κ1) is 28.3. The third-order valence-electron chi connectivity index (χ3n) is 7.90. The molecule has 2 aromatic heterocycles. The summed E-state index contributed by atoms with van der Waals surface area (Å²) >= 11 is 0. The smallest absolute Gasteiger partial charge is 0.337 e. The van der Waals surface area contributed by atoms with Crippen molar-refractivity contribution >= 4 is 11.7 Å². The molecule has 1 saturated carbocycles. The number of anilines is 1. The molecule has 4 rings (SSSR count). The largest absolute Gasteiger partial charge is 0.492 e. The molecule has 2 aromatic rings. The van der Waals surface area contributed by atoms with Gasteiger partial charge in [-0.3, -0.25) is 9.97 Å². The number of carboxylic acids is 1. The van der Waals surface area contributed by atoms with E-state index in [1.54, 1.807) is 6.20 Å². The molecule has 1 aliphatic heterocycles. The minimum atomic E-state index is -1.13. The number of aliphatic carboxylic acids is 1. The molecule has 1 saturated heterocycles. The first-order chi connectivity index (χ1) is 18.0. The van der Waals surface area contributed by atoms with Crippen LogP contribution in [0, 0.1) is 18.3 Å². The average Bonchev–Trinajstić information content (AvgIpc) is 2.87. The van der Waals surface area contributed by atoms with E-state index in [9.17, 15) is 9.90 Å². The Balaban J connectivity index is 1.77. The Morgan fingerprint density at radius 2 is 1.74 bits per heavy atom. The van der Waals surface area contributed by atoms with Gasteiger partial charge in [0.05, 0.1) is 29.8 Å². The topological polar surface area (TPSA) is 84.8 Å². The van der Waals surface area contributed by atoms with Gasteiger partial charge in [-0.15, -0.1) is 0 Å². The Kier molecular flexibility index (Phi) is 8.65. The molecular weight excluding hydrogens is 478 g/mol. The van der Waals surface area contributed by atoms with E-state index in [1.807, 2.05) is 46.0 Å². The van der Waals surface area contributed by atoms with E-state index in [0.717, 1.165) is 48.6 Å². The van der Waals surface area contributed by atoms with Gasteiger partial charge in [-0.2, -0.15) is 0 Å². The molecule has 1 aliphatic carbocycles. The summed E-state index contributed by atoms with van der Waals surface area (Å²) in [6.45, 7) is 14.2. The Hall–Kier alpha value is -2.67. The average molecular weight is 524 g/mol. The fraction of sp³-hybridized carbons (Fsp3) is 0.645. The van der Waals surface area contributed by atoms with Crippen molar-refractivity contribution in [2.75, 3.05) is 24.6 Å². The van der Waals surface area contributed by atoms with Gasteiger partial charge in [0.2, 0.25) is 0 Å². The van der Waals surface area contributed by atoms with Gasteiger partial charge in [0.25, 0.3) is 0 Å². The first-order valence-corrected chi connectivity index (χ1v) is 14.2. The Morgan fingerprint density at radius 1 is 1.05 bits per heavy atom. The summed E-state index contributed by atoms with van der Waals surface area (Å²) in [5.41, 5.74) is 3.58. The minimum Gasteiger partial charge on any atom is -0.492 e. The number of carbonyl (C=O) groups is 1. The van der Waals surface area contributed by atoms with Crippen molar-refractivity contribution in [1.29, 1.82) is 0 Å². The fourth-order valence-electron chi connectivity index (χ4n) is 5.93. The monoisotopic (exact) mass is 523 g/mol. The molecule has 0 bridgehead atoms. The third-order valence-corrected chi connectivity index (χ3v) is 7.90. The maximum absolute atomic E-state index is 12.6. The van der Waals surface area contributed by atoms with Crippen molar-refractivity contribution in [1.82, 2.24) is 9.97 Å². The molecule has 38 heavy (non-hydrogen) atoms. The van der Waals surface area contributed by atoms with Crippen LogP contribution in [-0.2, 0) is 9.53 Å². The van der Waals surface area contributed by atoms with Gasteiger partial charge in [0, 0.05) is 36.1 Å². The minimum absolute atomic E-state index is 0.424. The highest BCUT2D eigenvalue weighted by Gasteiger charge is 2.39. The van der Waals surface area contributed by atoms with Crippen molar-refractivity contribution in [3.8, 4) is 17.0 Å². The van der Waals surface area contributed by atoms with Gasteiger partial charge in [0.1, 0.15) is 5.75 Å². The highest BCUT2D eigenvalue weighted by Crippen LogP contribution is 2.48. The molecule has 0 radical (unpaired) electrons. The fourth-order valence-corrected chi connectivity index (χ4v) is 5.93. The van der Waals surface area contributed by atoms with Crippen LogP contribution in [0.15, 0.2) is 24.5 Å². The number of rotatable bonds is 8. The highest BCUT2D eigenvalue weighted by atomic mass is 16.5. The number of pyridine rings is 2. The van der Waals surface area contributed by atoms with Crippen LogP contribution in [0.1, 0.15) is 96.9 Å². The number of piperidine rings is 1. The Labute approximate surface area is 228 Å². The molecule has 2 aliphatic rings. The van der Waals surface area contributed by atoms with Crippen LogP contribution in [0.3, 0.4) is 0 Å². The van der Waals surface area contributed by atoms with Gasteiger partial charge < -0.3 is 19.5 Å². The first-order valence-electron chi connectivity index (χ1n) is 14.2. The molecule has 7 heteroatoms. The number of aromatic nitrogens is 2. The van der Waals surface area contributed by atoms with Gasteiger partial charge in [-0.25, -0.2) is 4.79 Å². The number of hydrogen-bond acceptors (Lipinski definition) is 6. The standard InChI is InChI=1S/C31H45N3O4/c1-21(2)20-37-23-10-11-25(33-18-23)24-19-32-22(3)26(28(29(35)36)38-30(4,5)6)27(24)34-16-14-31(15-17-34)12-8-7-9-13-31/h10-11,18-19,21,28H,7-9,12-17,20H2,1-6H3,(H,35,36)/t28-/m0/s1. The predicted molar refractivity (Wildman–Crippen MR) is 151 cm³/mol. The molecule has 7 nitrogen and oxygen atoms in total. The number of hydrogen-bond donors (Lipinski definition) is 1. The molecule has 1 spiro atoms. The zero-order valence-corrected chi connectivity index (χ0v) is 24.0. The molecule has 3 heterocycles. The van der Waals surface area contributed by atoms with Crippen LogP contribution in [-0.4, -0.2) is 46.3 Å². The van der Waals surface area contributed by atoms with Gasteiger partial charge in [-0.05, 0) is 76.8 Å². The van der Waals surface area contributed by atoms with E-state index in [2.05, 4.69) is 23.7 Å². The maximum Gasteiger partial charge on any atom is 0.337 e. The second kappa shape index (κ2) is 11.6. The number of ether oxygens (including phenoxy) is 2. The van der Waals surface area contributed by atoms with Crippen LogP contribution >= 0.6 is 0 Å². The molecule has 1 atom stereocenters. The molecule has 0 unspecified atom stereocenters. The van der Waals surface area contributed by atoms with E-state index < -0.39 is 17.7 Å². The molecule has 208 valence electrons. The van der Waals surface area contributed by atoms with Gasteiger partial charge in [-0.1, -0.05) is 33.1 Å². The number of aryl methyl sites for hydroxylation is 1. The van der Waals surface area contributed by atoms with E-state index in [1.165, 1.54) is 32.1 Å². The molecule has 0 amide bonds. The SMILES string of the molecule is Cc1ncc(-c2ccc(OCC(C)C)cn2)c(N2CCC3(CCCCC3)CC2)c1[C@H](OC(C)(C)C)C(=O)O. The number of carboxylic acid groups (broad SMARTS) is 1. The zero-order valence-electron chi connectivity index (χ0n) is 24.0. The summed E-state index contributed by atoms with van der Waals surface area (Å²) in [4.78, 5) is 24.4. The predicted octanol–water partition coefficient (Wildman–Crippen LogP) is 6.98. The summed E-state index contributed by atoms with van der Waals surface area (Å²) in [6, 6.07) is 3.88. The van der Waals surface area contributed by atoms with E-state index >= 15 is 0 Å². The lowest BCUT2D eigenvalue weighted by Crippen LogP contribution is -2.42. The summed E-state index contributed by atoms with van der Waals surface area (Å²) in [6.07, 6.45) is 11.3. The lowest BCUT2D eigenvalue weighted by Gasteiger charge is -2.46. The van der Waals surface area contributed by atoms with Gasteiger partial charge >= 0.3 is 5.97 Å². The lowest BCUT2D eigenvalue weighted by molar-refractivity contribution is -0.160. The Bertz CT molecular complexity index is 1090. The lowest BCUT2D eigenvalue weighted by atomic mass is 9.68. The van der Waals surface area contributed by atoms with Crippen molar-refractivity contribution in [2.24, 2.45) is 11.3 Å². The summed E-state index contributed by atoms with van der Waals surface area (Å²) in [7, 11) is 0. The van der Waals surface area contributed by atoms with Crippen molar-refractivity contribution in [2.45, 2.75) is 98.2 Å². The summed E-state index contributed by atoms with van der Waals surface area (Å²) in [5, 5.41) is 10.3. The highest BCUT2D eigenvalue weighted by molar-refractivity contribution is 5.85. The number of nitrogens with zero attached hydrogens (tertiary/aromatic N) is 3. The third kappa shape index (κ3) is 6.66. The quantitative estimate of drug-likeness (QED) is 0.399. The van der Waals surface area contributed by atoms with Crippen LogP contribution < -0.4 is 9.64 Å². The van der Waals surface area contributed by atoms with E-state index in [4.69, 9.17) is 14.5 Å². The van der Waals surface area contributed by atoms with E-state index in [0.29, 0.717) is 29.2 Å². The van der Waals surface area contributed by atoms with Crippen molar-refractivity contribution < 1.29 is 19.4 Å². The second-order valence-electron chi connectivity index (χ2n) is 12.6. The zero-order chi connectivity index (χ0) is 27.5. The summed E-state index contributed by atoms with van der Waals surface area (Å²) in [5.74, 6) is 0.142. The molecule has 1 N–H and O–H groups in total. The molecule has 2 fully saturated rings. The van der Waals surface area contributed by atoms with Crippen LogP contribution in [0.5, 0.6) is 5.75 Å². The normalized spacial score (nSPS) is 18.6. The van der Waals surface area contributed by atoms with Crippen LogP contribution in [0.2, 0.25) is 0 Å². The van der Waals surface area contributed by atoms with Crippen molar-refractivity contribution in [3.63, 3.8) is 0 Å². The van der Waals surface area contributed by atoms with Crippen LogP contribution in [0.4, 0.5) is 5.69 Å². The molecular formula is C31H45N3O4. The second-order valence-corrected chi connectivity index (χ2v) is 12.6. The maximum atomic E-state index is 12.6. The molecule has 0 aromatic carbocycles.